The molecule has 0 unspecified atom stereocenters. The summed E-state index contributed by atoms with van der Waals surface area (Å²) in [4.78, 5) is 6.97. The summed E-state index contributed by atoms with van der Waals surface area (Å²) < 4.78 is 38.5. The first kappa shape index (κ1) is 22.8. The van der Waals surface area contributed by atoms with Crippen molar-refractivity contribution in [2.45, 2.75) is 11.8 Å². The second-order valence-corrected chi connectivity index (χ2v) is 10.3. The number of sulfonamides is 1. The molecule has 0 N–H and O–H groups in total. The number of methoxy groups -OCH3 is 1. The first-order valence-corrected chi connectivity index (χ1v) is 12.9. The van der Waals surface area contributed by atoms with E-state index in [0.717, 1.165) is 22.1 Å². The Labute approximate surface area is 197 Å². The molecule has 2 aromatic carbocycles. The van der Waals surface area contributed by atoms with Crippen molar-refractivity contribution < 1.29 is 17.9 Å². The average Bonchev–Trinajstić information content (AvgIpc) is 3.30. The standard InChI is InChI=1S/C22H24ClN3O4S2/c1-3-30-18-7-4-16(5-8-18)19-15-31-22(24-19)25-10-12-26(13-11-25)32(27,28)21-14-17(23)6-9-20(21)29-2/h4-9,14-15H,3,10-13H2,1-2H3. The third kappa shape index (κ3) is 4.71. The van der Waals surface area contributed by atoms with Crippen LogP contribution in [-0.4, -0.2) is 57.6 Å². The maximum atomic E-state index is 13.2. The molecule has 0 amide bonds. The minimum absolute atomic E-state index is 0.0907. The van der Waals surface area contributed by atoms with E-state index < -0.39 is 10.0 Å². The van der Waals surface area contributed by atoms with Crippen LogP contribution in [0.15, 0.2) is 52.7 Å². The van der Waals surface area contributed by atoms with Gasteiger partial charge in [0.2, 0.25) is 10.0 Å². The van der Waals surface area contributed by atoms with Crippen LogP contribution in [-0.2, 0) is 10.0 Å². The van der Waals surface area contributed by atoms with E-state index in [2.05, 4.69) is 4.90 Å². The van der Waals surface area contributed by atoms with Gasteiger partial charge >= 0.3 is 0 Å². The molecule has 1 aromatic heterocycles. The van der Waals surface area contributed by atoms with Crippen LogP contribution in [0.2, 0.25) is 5.02 Å². The Morgan fingerprint density at radius 1 is 1.09 bits per heavy atom. The van der Waals surface area contributed by atoms with Crippen molar-refractivity contribution in [2.24, 2.45) is 0 Å². The fraction of sp³-hybridized carbons (Fsp3) is 0.318. The summed E-state index contributed by atoms with van der Waals surface area (Å²) in [6.07, 6.45) is 0. The first-order chi connectivity index (χ1) is 15.4. The van der Waals surface area contributed by atoms with Gasteiger partial charge in [-0.25, -0.2) is 13.4 Å². The monoisotopic (exact) mass is 493 g/mol. The normalized spacial score (nSPS) is 15.0. The Morgan fingerprint density at radius 2 is 1.81 bits per heavy atom. The van der Waals surface area contributed by atoms with Crippen LogP contribution in [0, 0.1) is 0 Å². The van der Waals surface area contributed by atoms with Crippen molar-refractivity contribution in [3.63, 3.8) is 0 Å². The molecule has 3 aromatic rings. The molecule has 0 spiro atoms. The molecule has 0 radical (unpaired) electrons. The highest BCUT2D eigenvalue weighted by molar-refractivity contribution is 7.89. The molecular formula is C22H24ClN3O4S2. The van der Waals surface area contributed by atoms with Crippen LogP contribution >= 0.6 is 22.9 Å². The van der Waals surface area contributed by atoms with Gasteiger partial charge in [0.05, 0.1) is 19.4 Å². The molecule has 32 heavy (non-hydrogen) atoms. The second kappa shape index (κ2) is 9.66. The van der Waals surface area contributed by atoms with Crippen molar-refractivity contribution in [3.05, 3.63) is 52.9 Å². The van der Waals surface area contributed by atoms with E-state index in [0.29, 0.717) is 37.8 Å². The molecule has 0 aliphatic carbocycles. The third-order valence-corrected chi connectivity index (χ3v) is 8.26. The summed E-state index contributed by atoms with van der Waals surface area (Å²) >= 11 is 7.60. The number of nitrogens with zero attached hydrogens (tertiary/aromatic N) is 3. The van der Waals surface area contributed by atoms with Gasteiger partial charge in [0, 0.05) is 42.1 Å². The molecule has 1 saturated heterocycles. The van der Waals surface area contributed by atoms with Gasteiger partial charge in [-0.1, -0.05) is 11.6 Å². The number of anilines is 1. The lowest BCUT2D eigenvalue weighted by molar-refractivity contribution is 0.340. The second-order valence-electron chi connectivity index (χ2n) is 7.16. The van der Waals surface area contributed by atoms with Crippen molar-refractivity contribution in [3.8, 4) is 22.8 Å². The molecular weight excluding hydrogens is 470 g/mol. The maximum Gasteiger partial charge on any atom is 0.246 e. The summed E-state index contributed by atoms with van der Waals surface area (Å²) in [7, 11) is -2.26. The zero-order chi connectivity index (χ0) is 22.7. The molecule has 0 atom stereocenters. The van der Waals surface area contributed by atoms with E-state index in [1.807, 2.05) is 36.6 Å². The minimum Gasteiger partial charge on any atom is -0.495 e. The molecule has 7 nitrogen and oxygen atoms in total. The maximum absolute atomic E-state index is 13.2. The molecule has 2 heterocycles. The first-order valence-electron chi connectivity index (χ1n) is 10.2. The van der Waals surface area contributed by atoms with Crippen molar-refractivity contribution in [1.82, 2.24) is 9.29 Å². The van der Waals surface area contributed by atoms with Crippen LogP contribution in [0.1, 0.15) is 6.92 Å². The van der Waals surface area contributed by atoms with Gasteiger partial charge in [-0.2, -0.15) is 4.31 Å². The van der Waals surface area contributed by atoms with Gasteiger partial charge in [-0.05, 0) is 49.4 Å². The van der Waals surface area contributed by atoms with E-state index in [1.54, 1.807) is 23.5 Å². The Bertz CT molecular complexity index is 1170. The predicted molar refractivity (Wildman–Crippen MR) is 128 cm³/mol. The Kier molecular flexibility index (Phi) is 6.90. The van der Waals surface area contributed by atoms with E-state index in [4.69, 9.17) is 26.1 Å². The highest BCUT2D eigenvalue weighted by Gasteiger charge is 2.31. The number of thiazole rings is 1. The number of hydrogen-bond acceptors (Lipinski definition) is 7. The lowest BCUT2D eigenvalue weighted by Crippen LogP contribution is -2.48. The summed E-state index contributed by atoms with van der Waals surface area (Å²) in [5, 5.41) is 3.25. The number of benzene rings is 2. The van der Waals surface area contributed by atoms with Gasteiger partial charge in [0.1, 0.15) is 16.4 Å². The fourth-order valence-corrected chi connectivity index (χ4v) is 6.27. The number of piperazine rings is 1. The Morgan fingerprint density at radius 3 is 2.47 bits per heavy atom. The SMILES string of the molecule is CCOc1ccc(-c2csc(N3CCN(S(=O)(=O)c4cc(Cl)ccc4OC)CC3)n2)cc1. The molecule has 0 saturated carbocycles. The van der Waals surface area contributed by atoms with Crippen LogP contribution in [0.25, 0.3) is 11.3 Å². The molecule has 10 heteroatoms. The van der Waals surface area contributed by atoms with Crippen molar-refractivity contribution in [2.75, 3.05) is 44.8 Å². The molecule has 1 fully saturated rings. The van der Waals surface area contributed by atoms with Gasteiger partial charge in [-0.3, -0.25) is 0 Å². The predicted octanol–water partition coefficient (Wildman–Crippen LogP) is 4.38. The van der Waals surface area contributed by atoms with Crippen LogP contribution in [0.3, 0.4) is 0 Å². The number of rotatable bonds is 7. The number of halogens is 1. The summed E-state index contributed by atoms with van der Waals surface area (Å²) in [6, 6.07) is 12.5. The largest absolute Gasteiger partial charge is 0.495 e. The summed E-state index contributed by atoms with van der Waals surface area (Å²) in [5.74, 6) is 1.12. The zero-order valence-corrected chi connectivity index (χ0v) is 20.2. The Balaban J connectivity index is 1.45. The molecule has 1 aliphatic rings. The van der Waals surface area contributed by atoms with Crippen molar-refractivity contribution in [1.29, 1.82) is 0 Å². The van der Waals surface area contributed by atoms with Crippen LogP contribution in [0.4, 0.5) is 5.13 Å². The van der Waals surface area contributed by atoms with Gasteiger partial charge in [0.15, 0.2) is 5.13 Å². The molecule has 4 rings (SSSR count). The van der Waals surface area contributed by atoms with Crippen LogP contribution < -0.4 is 14.4 Å². The van der Waals surface area contributed by atoms with Gasteiger partial charge in [0.25, 0.3) is 0 Å². The number of ether oxygens (including phenoxy) is 2. The average molecular weight is 494 g/mol. The minimum atomic E-state index is -3.71. The fourth-order valence-electron chi connectivity index (χ4n) is 3.54. The third-order valence-electron chi connectivity index (χ3n) is 5.21. The van der Waals surface area contributed by atoms with Gasteiger partial charge < -0.3 is 14.4 Å². The highest BCUT2D eigenvalue weighted by Crippen LogP contribution is 2.32. The lowest BCUT2D eigenvalue weighted by atomic mass is 10.2. The van der Waals surface area contributed by atoms with Crippen LogP contribution in [0.5, 0.6) is 11.5 Å². The van der Waals surface area contributed by atoms with E-state index in [1.165, 1.54) is 17.5 Å². The highest BCUT2D eigenvalue weighted by atomic mass is 35.5. The van der Waals surface area contributed by atoms with E-state index in [-0.39, 0.29) is 10.6 Å². The number of hydrogen-bond donors (Lipinski definition) is 0. The van der Waals surface area contributed by atoms with E-state index in [9.17, 15) is 8.42 Å². The van der Waals surface area contributed by atoms with E-state index >= 15 is 0 Å². The summed E-state index contributed by atoms with van der Waals surface area (Å²) in [6.45, 7) is 4.41. The molecule has 170 valence electrons. The zero-order valence-electron chi connectivity index (χ0n) is 17.8. The lowest BCUT2D eigenvalue weighted by Gasteiger charge is -2.34. The quantitative estimate of drug-likeness (QED) is 0.486. The summed E-state index contributed by atoms with van der Waals surface area (Å²) in [5.41, 5.74) is 1.91. The number of aromatic nitrogens is 1. The van der Waals surface area contributed by atoms with Gasteiger partial charge in [-0.15, -0.1) is 11.3 Å². The topological polar surface area (TPSA) is 72.0 Å². The smallest absolute Gasteiger partial charge is 0.246 e. The van der Waals surface area contributed by atoms with Crippen molar-refractivity contribution >= 4 is 38.1 Å². The molecule has 1 aliphatic heterocycles. The molecule has 0 bridgehead atoms. The Hall–Kier alpha value is -2.33.